The summed E-state index contributed by atoms with van der Waals surface area (Å²) in [5.41, 5.74) is 2.48. The molecule has 0 aliphatic carbocycles. The summed E-state index contributed by atoms with van der Waals surface area (Å²) < 4.78 is 84.1. The molecule has 40 heavy (non-hydrogen) atoms. The number of carbonyl (C=O) groups is 2. The van der Waals surface area contributed by atoms with Crippen LogP contribution in [0.1, 0.15) is 40.1 Å². The smallest absolute Gasteiger partial charge is 0.367 e. The molecular weight excluding hydrogens is 538 g/mol. The van der Waals surface area contributed by atoms with Gasteiger partial charge in [0.05, 0.1) is 28.1 Å². The Morgan fingerprint density at radius 1 is 0.900 bits per heavy atom. The highest BCUT2D eigenvalue weighted by atomic mass is 19.4. The van der Waals surface area contributed by atoms with Crippen LogP contribution in [0.2, 0.25) is 0 Å². The summed E-state index contributed by atoms with van der Waals surface area (Å²) in [6.07, 6.45) is -5.02. The zero-order chi connectivity index (χ0) is 29.5. The molecule has 1 aliphatic heterocycles. The van der Waals surface area contributed by atoms with Gasteiger partial charge < -0.3 is 16.0 Å². The number of hydrogen-bond donors (Lipinski definition) is 2. The molecule has 2 atom stereocenters. The van der Waals surface area contributed by atoms with Crippen LogP contribution in [-0.4, -0.2) is 48.9 Å². The summed E-state index contributed by atoms with van der Waals surface area (Å²) >= 11 is 0. The largest absolute Gasteiger partial charge is 0.417 e. The molecule has 1 fully saturated rings. The highest BCUT2D eigenvalue weighted by Crippen LogP contribution is 2.38. The number of primary amides is 1. The lowest BCUT2D eigenvalue weighted by atomic mass is 9.99. The molecular formula is C28H26F6N4O2. The highest BCUT2D eigenvalue weighted by Gasteiger charge is 2.36. The van der Waals surface area contributed by atoms with Gasteiger partial charge >= 0.3 is 6.18 Å². The van der Waals surface area contributed by atoms with Crippen LogP contribution in [0.25, 0.3) is 11.1 Å². The quantitative estimate of drug-likeness (QED) is 0.392. The van der Waals surface area contributed by atoms with E-state index in [1.165, 1.54) is 12.1 Å². The van der Waals surface area contributed by atoms with Gasteiger partial charge in [-0.05, 0) is 68.9 Å². The predicted molar refractivity (Wildman–Crippen MR) is 139 cm³/mol. The number of hydrogen-bond acceptors (Lipinski definition) is 4. The van der Waals surface area contributed by atoms with Crippen molar-refractivity contribution < 1.29 is 35.9 Å². The summed E-state index contributed by atoms with van der Waals surface area (Å²) in [6.45, 7) is 4.72. The number of piperazine rings is 1. The summed E-state index contributed by atoms with van der Waals surface area (Å²) in [5, 5.41) is 2.43. The lowest BCUT2D eigenvalue weighted by molar-refractivity contribution is -0.138. The van der Waals surface area contributed by atoms with E-state index in [1.807, 2.05) is 20.9 Å². The summed E-state index contributed by atoms with van der Waals surface area (Å²) in [7, 11) is 1.93. The molecule has 212 valence electrons. The lowest BCUT2D eigenvalue weighted by Crippen LogP contribution is -2.55. The number of likely N-dealkylation sites (N-methyl/N-ethyl adjacent to an activating group) is 1. The van der Waals surface area contributed by atoms with E-state index in [0.717, 1.165) is 30.3 Å². The monoisotopic (exact) mass is 564 g/mol. The van der Waals surface area contributed by atoms with Gasteiger partial charge in [-0.3, -0.25) is 14.5 Å². The first kappa shape index (κ1) is 28.9. The maximum Gasteiger partial charge on any atom is 0.417 e. The molecule has 4 rings (SSSR count). The molecule has 3 aromatic carbocycles. The van der Waals surface area contributed by atoms with Crippen LogP contribution in [-0.2, 0) is 6.18 Å². The molecule has 0 spiro atoms. The number of carbonyl (C=O) groups excluding carboxylic acids is 2. The van der Waals surface area contributed by atoms with Gasteiger partial charge in [-0.15, -0.1) is 0 Å². The third kappa shape index (κ3) is 5.76. The second-order valence-corrected chi connectivity index (χ2v) is 9.82. The maximum absolute atomic E-state index is 15.6. The summed E-state index contributed by atoms with van der Waals surface area (Å²) in [6, 6.07) is 7.20. The van der Waals surface area contributed by atoms with Crippen molar-refractivity contribution >= 4 is 23.2 Å². The normalized spacial score (nSPS) is 18.1. The van der Waals surface area contributed by atoms with Gasteiger partial charge in [0.25, 0.3) is 11.8 Å². The first-order chi connectivity index (χ1) is 18.7. The molecule has 0 radical (unpaired) electrons. The molecule has 3 N–H and O–H groups in total. The van der Waals surface area contributed by atoms with Crippen LogP contribution in [0.4, 0.5) is 37.7 Å². The van der Waals surface area contributed by atoms with Gasteiger partial charge in [0, 0.05) is 30.7 Å². The molecule has 0 saturated carbocycles. The van der Waals surface area contributed by atoms with E-state index in [9.17, 15) is 31.5 Å². The van der Waals surface area contributed by atoms with Crippen LogP contribution in [0.3, 0.4) is 0 Å². The van der Waals surface area contributed by atoms with Crippen LogP contribution in [0, 0.1) is 17.5 Å². The fourth-order valence-electron chi connectivity index (χ4n) is 4.77. The van der Waals surface area contributed by atoms with Gasteiger partial charge in [-0.2, -0.15) is 13.2 Å². The van der Waals surface area contributed by atoms with Gasteiger partial charge in [-0.25, -0.2) is 13.2 Å². The van der Waals surface area contributed by atoms with E-state index in [1.54, 1.807) is 4.90 Å². The summed E-state index contributed by atoms with van der Waals surface area (Å²) in [5.74, 6) is -5.15. The Kier molecular flexibility index (Phi) is 7.84. The van der Waals surface area contributed by atoms with E-state index in [2.05, 4.69) is 10.2 Å². The van der Waals surface area contributed by atoms with Gasteiger partial charge in [-0.1, -0.05) is 6.07 Å². The number of anilines is 2. The highest BCUT2D eigenvalue weighted by molar-refractivity contribution is 6.07. The Morgan fingerprint density at radius 3 is 2.15 bits per heavy atom. The topological polar surface area (TPSA) is 78.7 Å². The number of amides is 2. The minimum Gasteiger partial charge on any atom is -0.367 e. The Balaban J connectivity index is 1.85. The number of nitrogens with two attached hydrogens (primary N) is 1. The van der Waals surface area contributed by atoms with Gasteiger partial charge in [0.2, 0.25) is 0 Å². The molecule has 1 aliphatic rings. The standard InChI is InChI=1S/C28H26F6N4O2/c1-14-12-38(13-15(2)37(14)3)25-11-23(31)19(16-4-7-22(30)20(8-16)26(35)39)10-24(25)36-27(40)18-6-5-17(29)9-21(18)28(32,33)34/h4-11,14-15H,12-13H2,1-3H3,(H2,35,39)(H,36,40). The van der Waals surface area contributed by atoms with Crippen molar-refractivity contribution in [2.45, 2.75) is 32.1 Å². The lowest BCUT2D eigenvalue weighted by Gasteiger charge is -2.44. The van der Waals surface area contributed by atoms with E-state index >= 15 is 4.39 Å². The molecule has 3 aromatic rings. The van der Waals surface area contributed by atoms with Crippen LogP contribution in [0.15, 0.2) is 48.5 Å². The maximum atomic E-state index is 15.6. The SMILES string of the molecule is CC1CN(c2cc(F)c(-c3ccc(F)c(C(N)=O)c3)cc2NC(=O)c2ccc(F)cc2C(F)(F)F)CC(C)N1C. The van der Waals surface area contributed by atoms with E-state index in [4.69, 9.17) is 5.73 Å². The number of halogens is 6. The second kappa shape index (κ2) is 10.8. The zero-order valence-corrected chi connectivity index (χ0v) is 21.7. The van der Waals surface area contributed by atoms with Crippen LogP contribution < -0.4 is 16.0 Å². The average molecular weight is 565 g/mol. The second-order valence-electron chi connectivity index (χ2n) is 9.82. The molecule has 1 heterocycles. The third-order valence-electron chi connectivity index (χ3n) is 7.11. The van der Waals surface area contributed by atoms with Crippen molar-refractivity contribution in [3.05, 3.63) is 82.7 Å². The van der Waals surface area contributed by atoms with Gasteiger partial charge in [0.1, 0.15) is 17.5 Å². The summed E-state index contributed by atoms with van der Waals surface area (Å²) in [4.78, 5) is 28.7. The molecule has 2 amide bonds. The predicted octanol–water partition coefficient (Wildman–Crippen LogP) is 5.67. The molecule has 0 aromatic heterocycles. The van der Waals surface area contributed by atoms with Crippen LogP contribution in [0.5, 0.6) is 0 Å². The van der Waals surface area contributed by atoms with Crippen molar-refractivity contribution in [1.82, 2.24) is 4.90 Å². The molecule has 0 bridgehead atoms. The van der Waals surface area contributed by atoms with E-state index in [0.29, 0.717) is 13.1 Å². The minimum absolute atomic E-state index is 0.0131. The van der Waals surface area contributed by atoms with Crippen LogP contribution >= 0.6 is 0 Å². The minimum atomic E-state index is -5.02. The Hall–Kier alpha value is -4.06. The first-order valence-corrected chi connectivity index (χ1v) is 12.3. The van der Waals surface area contributed by atoms with E-state index in [-0.39, 0.29) is 40.7 Å². The number of rotatable bonds is 5. The Labute approximate surface area is 226 Å². The Morgan fingerprint density at radius 2 is 1.55 bits per heavy atom. The third-order valence-corrected chi connectivity index (χ3v) is 7.11. The Bertz CT molecular complexity index is 1460. The van der Waals surface area contributed by atoms with Gasteiger partial charge in [0.15, 0.2) is 0 Å². The van der Waals surface area contributed by atoms with E-state index < -0.39 is 52.1 Å². The number of benzene rings is 3. The molecule has 6 nitrogen and oxygen atoms in total. The first-order valence-electron chi connectivity index (χ1n) is 12.3. The fraction of sp³-hybridized carbons (Fsp3) is 0.286. The zero-order valence-electron chi connectivity index (χ0n) is 21.7. The average Bonchev–Trinajstić information content (AvgIpc) is 2.87. The number of nitrogens with one attached hydrogen (secondary N) is 1. The van der Waals surface area contributed by atoms with Crippen molar-refractivity contribution in [2.75, 3.05) is 30.4 Å². The van der Waals surface area contributed by atoms with Crippen molar-refractivity contribution in [3.8, 4) is 11.1 Å². The van der Waals surface area contributed by atoms with Crippen molar-refractivity contribution in [3.63, 3.8) is 0 Å². The molecule has 1 saturated heterocycles. The number of alkyl halides is 3. The van der Waals surface area contributed by atoms with Crippen molar-refractivity contribution in [1.29, 1.82) is 0 Å². The fourth-order valence-corrected chi connectivity index (χ4v) is 4.77. The molecule has 2 unspecified atom stereocenters. The molecule has 12 heteroatoms. The number of nitrogens with zero attached hydrogens (tertiary/aromatic N) is 2. The van der Waals surface area contributed by atoms with Crippen molar-refractivity contribution in [2.24, 2.45) is 5.73 Å².